The molecule has 12 nitrogen and oxygen atoms in total. The minimum Gasteiger partial charge on any atom is -0.343 e. The van der Waals surface area contributed by atoms with Gasteiger partial charge in [-0.2, -0.15) is 0 Å². The second kappa shape index (κ2) is 17.8. The summed E-state index contributed by atoms with van der Waals surface area (Å²) in [6, 6.07) is 14.7. The lowest BCUT2D eigenvalue weighted by molar-refractivity contribution is -0.138. The molecular weight excluding hydrogens is 608 g/mol. The molecule has 1 heterocycles. The van der Waals surface area contributed by atoms with E-state index in [0.717, 1.165) is 11.1 Å². The number of nitrogens with zero attached hydrogens (tertiary/aromatic N) is 1. The second-order valence-electron chi connectivity index (χ2n) is 12.2. The molecule has 1 saturated heterocycles. The Morgan fingerprint density at radius 3 is 1.80 bits per heavy atom. The molecular formula is C33H48N6O6S. The molecule has 0 radical (unpaired) electrons. The van der Waals surface area contributed by atoms with Crippen molar-refractivity contribution in [2.45, 2.75) is 70.1 Å². The van der Waals surface area contributed by atoms with Crippen LogP contribution in [0.25, 0.3) is 0 Å². The number of nitrogens with one attached hydrogen (secondary N) is 3. The molecule has 46 heavy (non-hydrogen) atoms. The molecule has 4 atom stereocenters. The van der Waals surface area contributed by atoms with Gasteiger partial charge in [0, 0.05) is 19.5 Å². The van der Waals surface area contributed by atoms with Crippen LogP contribution in [0.5, 0.6) is 0 Å². The zero-order valence-electron chi connectivity index (χ0n) is 26.7. The normalized spacial score (nSPS) is 16.9. The fourth-order valence-corrected chi connectivity index (χ4v) is 6.48. The van der Waals surface area contributed by atoms with E-state index in [2.05, 4.69) is 16.0 Å². The number of hydrogen-bond donors (Lipinski definition) is 5. The summed E-state index contributed by atoms with van der Waals surface area (Å²) >= 11 is 0. The van der Waals surface area contributed by atoms with Crippen LogP contribution in [0.15, 0.2) is 60.7 Å². The zero-order valence-corrected chi connectivity index (χ0v) is 27.5. The summed E-state index contributed by atoms with van der Waals surface area (Å²) in [6.45, 7) is 4.21. The molecule has 252 valence electrons. The van der Waals surface area contributed by atoms with Crippen molar-refractivity contribution >= 4 is 33.5 Å². The molecule has 0 saturated carbocycles. The Morgan fingerprint density at radius 2 is 1.26 bits per heavy atom. The lowest BCUT2D eigenvalue weighted by atomic mass is 9.99. The zero-order chi connectivity index (χ0) is 33.7. The third-order valence-corrected chi connectivity index (χ3v) is 9.47. The molecule has 2 aromatic carbocycles. The predicted octanol–water partition coefficient (Wildman–Crippen LogP) is 0.296. The topological polar surface area (TPSA) is 194 Å². The average Bonchev–Trinajstić information content (AvgIpc) is 3.02. The van der Waals surface area contributed by atoms with Gasteiger partial charge in [0.15, 0.2) is 9.84 Å². The molecule has 2 aromatic rings. The first-order valence-corrected chi connectivity index (χ1v) is 17.6. The Balaban J connectivity index is 1.76. The SMILES string of the molecule is CC(C)C[C@@H](NC(=O)[C@@H](Cc1ccccc1)NC(=O)[C@H](N)Cc1ccccc1)C(=O)N[C@H](CCCN)C(=O)N1CCS(=O)(=O)CC1. The van der Waals surface area contributed by atoms with Crippen molar-refractivity contribution in [1.82, 2.24) is 20.9 Å². The smallest absolute Gasteiger partial charge is 0.245 e. The van der Waals surface area contributed by atoms with Crippen LogP contribution in [0.2, 0.25) is 0 Å². The highest BCUT2D eigenvalue weighted by Gasteiger charge is 2.34. The monoisotopic (exact) mass is 656 g/mol. The van der Waals surface area contributed by atoms with Crippen molar-refractivity contribution in [3.05, 3.63) is 71.8 Å². The Kier molecular flexibility index (Phi) is 14.2. The second-order valence-corrected chi connectivity index (χ2v) is 14.5. The van der Waals surface area contributed by atoms with Crippen molar-refractivity contribution < 1.29 is 27.6 Å². The molecule has 0 spiro atoms. The maximum Gasteiger partial charge on any atom is 0.245 e. The van der Waals surface area contributed by atoms with Crippen LogP contribution in [-0.4, -0.2) is 92.3 Å². The molecule has 13 heteroatoms. The fraction of sp³-hybridized carbons (Fsp3) is 0.515. The molecule has 1 fully saturated rings. The van der Waals surface area contributed by atoms with E-state index in [1.165, 1.54) is 4.90 Å². The van der Waals surface area contributed by atoms with Crippen LogP contribution >= 0.6 is 0 Å². The molecule has 1 aliphatic heterocycles. The number of carbonyl (C=O) groups excluding carboxylic acids is 4. The molecule has 3 rings (SSSR count). The van der Waals surface area contributed by atoms with E-state index in [1.54, 1.807) is 0 Å². The maximum atomic E-state index is 13.8. The number of amides is 4. The van der Waals surface area contributed by atoms with E-state index < -0.39 is 51.7 Å². The summed E-state index contributed by atoms with van der Waals surface area (Å²) in [4.78, 5) is 55.4. The molecule has 0 aromatic heterocycles. The summed E-state index contributed by atoms with van der Waals surface area (Å²) < 4.78 is 23.8. The van der Waals surface area contributed by atoms with Gasteiger partial charge in [0.2, 0.25) is 23.6 Å². The summed E-state index contributed by atoms with van der Waals surface area (Å²) in [7, 11) is -3.20. The number of rotatable bonds is 16. The minimum absolute atomic E-state index is 0.00278. The quantitative estimate of drug-likeness (QED) is 0.170. The van der Waals surface area contributed by atoms with Gasteiger partial charge >= 0.3 is 0 Å². The van der Waals surface area contributed by atoms with Gasteiger partial charge in [-0.25, -0.2) is 8.42 Å². The van der Waals surface area contributed by atoms with Crippen molar-refractivity contribution in [3.63, 3.8) is 0 Å². The number of nitrogens with two attached hydrogens (primary N) is 2. The Bertz CT molecular complexity index is 1390. The largest absolute Gasteiger partial charge is 0.343 e. The molecule has 0 bridgehead atoms. The molecule has 1 aliphatic rings. The third-order valence-electron chi connectivity index (χ3n) is 7.86. The third kappa shape index (κ3) is 11.8. The van der Waals surface area contributed by atoms with Gasteiger partial charge in [0.25, 0.3) is 0 Å². The van der Waals surface area contributed by atoms with Crippen LogP contribution in [0, 0.1) is 5.92 Å². The minimum atomic E-state index is -3.20. The van der Waals surface area contributed by atoms with Crippen LogP contribution in [0.4, 0.5) is 0 Å². The van der Waals surface area contributed by atoms with E-state index in [4.69, 9.17) is 11.5 Å². The Hall–Kier alpha value is -3.81. The van der Waals surface area contributed by atoms with Gasteiger partial charge in [-0.15, -0.1) is 0 Å². The van der Waals surface area contributed by atoms with Gasteiger partial charge < -0.3 is 32.3 Å². The highest BCUT2D eigenvalue weighted by molar-refractivity contribution is 7.91. The Labute approximate surface area is 272 Å². The number of hydrogen-bond acceptors (Lipinski definition) is 8. The standard InChI is InChI=1S/C33H48N6O6S/c1-23(2)20-28(31(41)36-27(14-9-15-34)33(43)39-16-18-46(44,45)19-17-39)38-32(42)29(22-25-12-7-4-8-13-25)37-30(40)26(35)21-24-10-5-3-6-11-24/h3-8,10-13,23,26-29H,9,14-22,34-35H2,1-2H3,(H,36,41)(H,37,40)(H,38,42)/t26-,27-,28-,29-/m1/s1. The van der Waals surface area contributed by atoms with Gasteiger partial charge in [-0.05, 0) is 49.3 Å². The molecule has 0 unspecified atom stereocenters. The number of carbonyl (C=O) groups is 4. The van der Waals surface area contributed by atoms with E-state index in [9.17, 15) is 27.6 Å². The Morgan fingerprint density at radius 1 is 0.761 bits per heavy atom. The maximum absolute atomic E-state index is 13.8. The number of sulfone groups is 1. The van der Waals surface area contributed by atoms with Crippen molar-refractivity contribution in [2.24, 2.45) is 17.4 Å². The molecule has 4 amide bonds. The van der Waals surface area contributed by atoms with E-state index in [-0.39, 0.29) is 62.1 Å². The predicted molar refractivity (Wildman–Crippen MR) is 177 cm³/mol. The van der Waals surface area contributed by atoms with Gasteiger partial charge in [-0.3, -0.25) is 19.2 Å². The number of benzene rings is 2. The van der Waals surface area contributed by atoms with Crippen LogP contribution in [0.3, 0.4) is 0 Å². The summed E-state index contributed by atoms with van der Waals surface area (Å²) in [6.07, 6.45) is 1.45. The van der Waals surface area contributed by atoms with Crippen LogP contribution in [-0.2, 0) is 41.9 Å². The average molecular weight is 657 g/mol. The van der Waals surface area contributed by atoms with E-state index >= 15 is 0 Å². The van der Waals surface area contributed by atoms with Crippen LogP contribution in [0.1, 0.15) is 44.2 Å². The van der Waals surface area contributed by atoms with Crippen molar-refractivity contribution in [1.29, 1.82) is 0 Å². The van der Waals surface area contributed by atoms with Crippen molar-refractivity contribution in [2.75, 3.05) is 31.1 Å². The highest BCUT2D eigenvalue weighted by Crippen LogP contribution is 2.12. The van der Waals surface area contributed by atoms with Gasteiger partial charge in [-0.1, -0.05) is 74.5 Å². The summed E-state index contributed by atoms with van der Waals surface area (Å²) in [5.74, 6) is -2.25. The van der Waals surface area contributed by atoms with Gasteiger partial charge in [0.05, 0.1) is 17.5 Å². The van der Waals surface area contributed by atoms with Gasteiger partial charge in [0.1, 0.15) is 18.1 Å². The lowest BCUT2D eigenvalue weighted by Gasteiger charge is -2.32. The summed E-state index contributed by atoms with van der Waals surface area (Å²) in [5, 5.41) is 8.40. The molecule has 0 aliphatic carbocycles. The highest BCUT2D eigenvalue weighted by atomic mass is 32.2. The first-order chi connectivity index (χ1) is 21.9. The fourth-order valence-electron chi connectivity index (χ4n) is 5.28. The first-order valence-electron chi connectivity index (χ1n) is 15.8. The lowest BCUT2D eigenvalue weighted by Crippen LogP contribution is -2.59. The van der Waals surface area contributed by atoms with Crippen molar-refractivity contribution in [3.8, 4) is 0 Å². The first kappa shape index (κ1) is 36.7. The van der Waals surface area contributed by atoms with Crippen LogP contribution < -0.4 is 27.4 Å². The molecule has 7 N–H and O–H groups in total. The summed E-state index contributed by atoms with van der Waals surface area (Å²) in [5.41, 5.74) is 13.6. The van der Waals surface area contributed by atoms with E-state index in [1.807, 2.05) is 74.5 Å². The van der Waals surface area contributed by atoms with E-state index in [0.29, 0.717) is 13.0 Å².